The smallest absolute Gasteiger partial charge is 0.0598 e. The summed E-state index contributed by atoms with van der Waals surface area (Å²) in [6.07, 6.45) is 2.89. The van der Waals surface area contributed by atoms with Crippen LogP contribution in [0.3, 0.4) is 0 Å². The van der Waals surface area contributed by atoms with Crippen molar-refractivity contribution in [1.82, 2.24) is 4.90 Å². The van der Waals surface area contributed by atoms with E-state index in [0.717, 1.165) is 45.5 Å². The summed E-state index contributed by atoms with van der Waals surface area (Å²) in [6.45, 7) is 10.3. The zero-order valence-corrected chi connectivity index (χ0v) is 10.3. The predicted octanol–water partition coefficient (Wildman–Crippen LogP) is 1.65. The van der Waals surface area contributed by atoms with Gasteiger partial charge >= 0.3 is 0 Å². The van der Waals surface area contributed by atoms with Crippen molar-refractivity contribution in [2.75, 3.05) is 26.2 Å². The zero-order valence-electron chi connectivity index (χ0n) is 10.3. The molecule has 0 radical (unpaired) electrons. The van der Waals surface area contributed by atoms with Crippen LogP contribution in [-0.2, 0) is 4.74 Å². The van der Waals surface area contributed by atoms with Gasteiger partial charge in [0.15, 0.2) is 0 Å². The highest BCUT2D eigenvalue weighted by Gasteiger charge is 2.16. The van der Waals surface area contributed by atoms with Crippen LogP contribution in [0.15, 0.2) is 0 Å². The number of aliphatic hydroxyl groups is 1. The van der Waals surface area contributed by atoms with E-state index in [1.165, 1.54) is 0 Å². The van der Waals surface area contributed by atoms with Crippen molar-refractivity contribution in [2.24, 2.45) is 0 Å². The maximum Gasteiger partial charge on any atom is 0.0598 e. The van der Waals surface area contributed by atoms with E-state index in [1.807, 2.05) is 0 Å². The van der Waals surface area contributed by atoms with E-state index in [9.17, 15) is 5.11 Å². The van der Waals surface area contributed by atoms with Gasteiger partial charge in [-0.25, -0.2) is 0 Å². The minimum Gasteiger partial charge on any atom is -0.393 e. The largest absolute Gasteiger partial charge is 0.393 e. The molecule has 1 rings (SSSR count). The third-order valence-electron chi connectivity index (χ3n) is 2.71. The van der Waals surface area contributed by atoms with Crippen molar-refractivity contribution in [3.05, 3.63) is 0 Å². The molecule has 0 amide bonds. The zero-order chi connectivity index (χ0) is 11.3. The van der Waals surface area contributed by atoms with E-state index < -0.39 is 0 Å². The molecule has 1 aliphatic rings. The van der Waals surface area contributed by atoms with Crippen LogP contribution in [0.1, 0.15) is 40.0 Å². The molecule has 3 nitrogen and oxygen atoms in total. The molecule has 1 fully saturated rings. The molecule has 90 valence electrons. The number of hydrogen-bond acceptors (Lipinski definition) is 3. The van der Waals surface area contributed by atoms with Crippen molar-refractivity contribution >= 4 is 0 Å². The fourth-order valence-corrected chi connectivity index (χ4v) is 1.81. The molecule has 3 heteroatoms. The Labute approximate surface area is 93.4 Å². The second kappa shape index (κ2) is 5.83. The SMILES string of the molecule is CC(C)(C)OCCCN1CCC(O)CC1. The van der Waals surface area contributed by atoms with Gasteiger partial charge in [-0.2, -0.15) is 0 Å². The monoisotopic (exact) mass is 215 g/mol. The van der Waals surface area contributed by atoms with E-state index in [4.69, 9.17) is 4.74 Å². The summed E-state index contributed by atoms with van der Waals surface area (Å²) in [5.41, 5.74) is -0.0158. The summed E-state index contributed by atoms with van der Waals surface area (Å²) in [4.78, 5) is 2.42. The Morgan fingerprint density at radius 3 is 2.40 bits per heavy atom. The molecule has 0 unspecified atom stereocenters. The topological polar surface area (TPSA) is 32.7 Å². The van der Waals surface area contributed by atoms with E-state index >= 15 is 0 Å². The number of aliphatic hydroxyl groups excluding tert-OH is 1. The Hall–Kier alpha value is -0.120. The Morgan fingerprint density at radius 2 is 1.87 bits per heavy atom. The lowest BCUT2D eigenvalue weighted by Crippen LogP contribution is -2.37. The lowest BCUT2D eigenvalue weighted by Gasteiger charge is -2.29. The number of likely N-dealkylation sites (tertiary alicyclic amines) is 1. The molecular formula is C12H25NO2. The normalized spacial score (nSPS) is 20.8. The summed E-state index contributed by atoms with van der Waals surface area (Å²) in [5.74, 6) is 0. The number of ether oxygens (including phenoxy) is 1. The third kappa shape index (κ3) is 6.13. The van der Waals surface area contributed by atoms with Gasteiger partial charge in [0.05, 0.1) is 11.7 Å². The fraction of sp³-hybridized carbons (Fsp3) is 1.00. The second-order valence-corrected chi connectivity index (χ2v) is 5.39. The second-order valence-electron chi connectivity index (χ2n) is 5.39. The van der Waals surface area contributed by atoms with Gasteiger partial charge in [0.25, 0.3) is 0 Å². The highest BCUT2D eigenvalue weighted by Crippen LogP contribution is 2.11. The molecule has 1 aliphatic heterocycles. The first kappa shape index (κ1) is 12.9. The quantitative estimate of drug-likeness (QED) is 0.724. The number of hydrogen-bond donors (Lipinski definition) is 1. The van der Waals surface area contributed by atoms with Crippen LogP contribution in [0.5, 0.6) is 0 Å². The average molecular weight is 215 g/mol. The minimum absolute atomic E-state index is 0.0158. The molecule has 0 spiro atoms. The van der Waals surface area contributed by atoms with Gasteiger partial charge in [0.1, 0.15) is 0 Å². The van der Waals surface area contributed by atoms with Crippen molar-refractivity contribution in [3.63, 3.8) is 0 Å². The van der Waals surface area contributed by atoms with Crippen LogP contribution in [-0.4, -0.2) is 48.0 Å². The summed E-state index contributed by atoms with van der Waals surface area (Å²) in [7, 11) is 0. The van der Waals surface area contributed by atoms with Crippen molar-refractivity contribution in [2.45, 2.75) is 51.7 Å². The third-order valence-corrected chi connectivity index (χ3v) is 2.71. The van der Waals surface area contributed by atoms with Crippen LogP contribution in [0.2, 0.25) is 0 Å². The van der Waals surface area contributed by atoms with E-state index in [0.29, 0.717) is 0 Å². The highest BCUT2D eigenvalue weighted by atomic mass is 16.5. The first-order chi connectivity index (χ1) is 6.97. The number of nitrogens with zero attached hydrogens (tertiary/aromatic N) is 1. The Morgan fingerprint density at radius 1 is 1.27 bits per heavy atom. The lowest BCUT2D eigenvalue weighted by molar-refractivity contribution is -0.00893. The summed E-state index contributed by atoms with van der Waals surface area (Å²) >= 11 is 0. The molecule has 15 heavy (non-hydrogen) atoms. The first-order valence-corrected chi connectivity index (χ1v) is 6.02. The Balaban J connectivity index is 2.01. The van der Waals surface area contributed by atoms with Gasteiger partial charge in [-0.05, 0) is 40.0 Å². The molecule has 0 aromatic carbocycles. The van der Waals surface area contributed by atoms with E-state index in [-0.39, 0.29) is 11.7 Å². The molecule has 1 N–H and O–H groups in total. The maximum absolute atomic E-state index is 9.35. The molecule has 0 aromatic heterocycles. The van der Waals surface area contributed by atoms with Crippen LogP contribution in [0.4, 0.5) is 0 Å². The van der Waals surface area contributed by atoms with Crippen LogP contribution in [0.25, 0.3) is 0 Å². The predicted molar refractivity (Wildman–Crippen MR) is 62.0 cm³/mol. The van der Waals surface area contributed by atoms with Gasteiger partial charge in [-0.15, -0.1) is 0 Å². The van der Waals surface area contributed by atoms with E-state index in [2.05, 4.69) is 25.7 Å². The van der Waals surface area contributed by atoms with Crippen LogP contribution < -0.4 is 0 Å². The molecule has 0 aliphatic carbocycles. The van der Waals surface area contributed by atoms with Gasteiger partial charge in [-0.3, -0.25) is 0 Å². The molecule has 1 heterocycles. The summed E-state index contributed by atoms with van der Waals surface area (Å²) < 4.78 is 5.67. The molecule has 1 saturated heterocycles. The molecular weight excluding hydrogens is 190 g/mol. The first-order valence-electron chi connectivity index (χ1n) is 6.02. The summed E-state index contributed by atoms with van der Waals surface area (Å²) in [5, 5.41) is 9.35. The summed E-state index contributed by atoms with van der Waals surface area (Å²) in [6, 6.07) is 0. The molecule has 0 bridgehead atoms. The Bertz CT molecular complexity index is 169. The Kier molecular flexibility index (Phi) is 5.03. The number of rotatable bonds is 4. The van der Waals surface area contributed by atoms with Crippen molar-refractivity contribution in [1.29, 1.82) is 0 Å². The molecule has 0 atom stereocenters. The van der Waals surface area contributed by atoms with E-state index in [1.54, 1.807) is 0 Å². The van der Waals surface area contributed by atoms with Crippen LogP contribution >= 0.6 is 0 Å². The van der Waals surface area contributed by atoms with Gasteiger partial charge < -0.3 is 14.7 Å². The van der Waals surface area contributed by atoms with Gasteiger partial charge in [0.2, 0.25) is 0 Å². The number of piperidine rings is 1. The standard InChI is InChI=1S/C12H25NO2/c1-12(2,3)15-10-4-7-13-8-5-11(14)6-9-13/h11,14H,4-10H2,1-3H3. The molecule has 0 aromatic rings. The van der Waals surface area contributed by atoms with Gasteiger partial charge in [-0.1, -0.05) is 0 Å². The highest BCUT2D eigenvalue weighted by molar-refractivity contribution is 4.70. The van der Waals surface area contributed by atoms with Crippen molar-refractivity contribution < 1.29 is 9.84 Å². The average Bonchev–Trinajstić information content (AvgIpc) is 2.14. The fourth-order valence-electron chi connectivity index (χ4n) is 1.81. The maximum atomic E-state index is 9.35. The van der Waals surface area contributed by atoms with Crippen molar-refractivity contribution in [3.8, 4) is 0 Å². The lowest BCUT2D eigenvalue weighted by atomic mass is 10.1. The molecule has 0 saturated carbocycles. The van der Waals surface area contributed by atoms with Gasteiger partial charge in [0, 0.05) is 26.2 Å². The minimum atomic E-state index is -0.0629. The van der Waals surface area contributed by atoms with Crippen LogP contribution in [0, 0.1) is 0 Å².